The number of carbonyl (C=O) groups excluding carboxylic acids is 3. The molecule has 6 aliphatic rings. The van der Waals surface area contributed by atoms with Crippen LogP contribution in [0.25, 0.3) is 16.9 Å². The largest absolute Gasteiger partial charge is 0.349 e. The number of nitrogens with zero attached hydrogens (tertiary/aromatic N) is 12. The Balaban J connectivity index is 0.000000114. The Kier molecular flexibility index (Phi) is 14.0. The number of aromatic nitrogens is 9. The molecule has 414 valence electrons. The molecule has 3 fully saturated rings. The Labute approximate surface area is 464 Å². The highest BCUT2D eigenvalue weighted by Gasteiger charge is 2.33. The molecular formula is C60H60F3N15O3. The summed E-state index contributed by atoms with van der Waals surface area (Å²) < 4.78 is 47.1. The third-order valence-corrected chi connectivity index (χ3v) is 16.5. The normalized spacial score (nSPS) is 19.8. The number of rotatable bonds is 0. The van der Waals surface area contributed by atoms with E-state index in [1.807, 2.05) is 55.0 Å². The van der Waals surface area contributed by atoms with Crippen molar-refractivity contribution in [2.24, 2.45) is 0 Å². The van der Waals surface area contributed by atoms with E-state index in [2.05, 4.69) is 45.9 Å². The van der Waals surface area contributed by atoms with Crippen molar-refractivity contribution in [1.82, 2.24) is 43.8 Å². The molecule has 0 saturated carbocycles. The topological polar surface area (TPSA) is 188 Å². The van der Waals surface area contributed by atoms with Gasteiger partial charge in [-0.15, -0.1) is 0 Å². The molecule has 15 rings (SSSR count). The highest BCUT2D eigenvalue weighted by Crippen LogP contribution is 2.41. The third-order valence-electron chi connectivity index (χ3n) is 16.5. The van der Waals surface area contributed by atoms with Crippen molar-refractivity contribution in [2.45, 2.75) is 114 Å². The van der Waals surface area contributed by atoms with Crippen LogP contribution in [0.2, 0.25) is 0 Å². The van der Waals surface area contributed by atoms with Gasteiger partial charge in [-0.1, -0.05) is 18.2 Å². The van der Waals surface area contributed by atoms with Crippen LogP contribution in [0.3, 0.4) is 0 Å². The molecule has 0 radical (unpaired) electrons. The van der Waals surface area contributed by atoms with Gasteiger partial charge in [-0.25, -0.2) is 41.7 Å². The lowest BCUT2D eigenvalue weighted by atomic mass is 9.94. The van der Waals surface area contributed by atoms with Gasteiger partial charge >= 0.3 is 0 Å². The fourth-order valence-electron chi connectivity index (χ4n) is 12.7. The molecule has 9 aromatic rings. The number of carbonyl (C=O) groups is 3. The van der Waals surface area contributed by atoms with Crippen LogP contribution >= 0.6 is 0 Å². The molecule has 3 aromatic carbocycles. The van der Waals surface area contributed by atoms with Gasteiger partial charge in [0.1, 0.15) is 52.0 Å². The van der Waals surface area contributed by atoms with Gasteiger partial charge < -0.3 is 30.7 Å². The van der Waals surface area contributed by atoms with Crippen LogP contribution in [0.5, 0.6) is 0 Å². The number of benzene rings is 3. The van der Waals surface area contributed by atoms with E-state index in [1.54, 1.807) is 50.3 Å². The number of halogens is 3. The second kappa shape index (κ2) is 22.0. The summed E-state index contributed by atoms with van der Waals surface area (Å²) in [6, 6.07) is 21.2. The van der Waals surface area contributed by atoms with Crippen molar-refractivity contribution in [3.63, 3.8) is 0 Å². The molecule has 3 amide bonds. The van der Waals surface area contributed by atoms with Crippen molar-refractivity contribution in [1.29, 1.82) is 0 Å². The SMILES string of the molecule is O=C1CCCc2ccc(F)cc2C2CCCN2c2ccn3ncc(c3n2)N1.O=C1CCCc2ccc(F)cc2[C@@H]2CCCN2c2ccn3ncc(c3n2)N1.O=C1CCCc2ccc(F)cc2[C@H]2CCCN2c2ccn3ncc(c3n2)N1. The molecule has 1 unspecified atom stereocenters. The molecule has 81 heavy (non-hydrogen) atoms. The zero-order valence-electron chi connectivity index (χ0n) is 44.6. The monoisotopic (exact) mass is 1100 g/mol. The number of anilines is 6. The summed E-state index contributed by atoms with van der Waals surface area (Å²) in [4.78, 5) is 58.0. The lowest BCUT2D eigenvalue weighted by Gasteiger charge is -2.28. The number of hydrogen-bond acceptors (Lipinski definition) is 12. The number of amides is 3. The van der Waals surface area contributed by atoms with E-state index in [1.165, 1.54) is 18.2 Å². The first-order valence-corrected chi connectivity index (χ1v) is 28.1. The van der Waals surface area contributed by atoms with Crippen LogP contribution < -0.4 is 30.7 Å². The lowest BCUT2D eigenvalue weighted by molar-refractivity contribution is -0.117. The Hall–Kier alpha value is -8.88. The van der Waals surface area contributed by atoms with Crippen LogP contribution in [0.1, 0.15) is 129 Å². The first-order valence-electron chi connectivity index (χ1n) is 28.1. The highest BCUT2D eigenvalue weighted by molar-refractivity contribution is 5.95. The Morgan fingerprint density at radius 3 is 1.01 bits per heavy atom. The van der Waals surface area contributed by atoms with Crippen molar-refractivity contribution in [3.8, 4) is 0 Å². The molecule has 6 aromatic heterocycles. The molecule has 6 aliphatic heterocycles. The Morgan fingerprint density at radius 1 is 0.395 bits per heavy atom. The minimum Gasteiger partial charge on any atom is -0.349 e. The Morgan fingerprint density at radius 2 is 0.704 bits per heavy atom. The van der Waals surface area contributed by atoms with Crippen molar-refractivity contribution in [2.75, 3.05) is 50.3 Å². The molecule has 3 N–H and O–H groups in total. The van der Waals surface area contributed by atoms with E-state index in [0.29, 0.717) is 72.5 Å². The van der Waals surface area contributed by atoms with Crippen molar-refractivity contribution in [3.05, 3.63) is 161 Å². The maximum Gasteiger partial charge on any atom is 0.224 e. The smallest absolute Gasteiger partial charge is 0.224 e. The van der Waals surface area contributed by atoms with E-state index in [9.17, 15) is 27.6 Å². The first kappa shape index (κ1) is 51.6. The maximum absolute atomic E-state index is 14.0. The summed E-state index contributed by atoms with van der Waals surface area (Å²) in [5, 5.41) is 21.6. The van der Waals surface area contributed by atoms with Gasteiger partial charge in [0.2, 0.25) is 17.7 Å². The van der Waals surface area contributed by atoms with Crippen LogP contribution in [-0.2, 0) is 33.6 Å². The fraction of sp³-hybridized carbons (Fsp3) is 0.350. The zero-order chi connectivity index (χ0) is 55.1. The molecule has 0 aliphatic carbocycles. The molecule has 18 nitrogen and oxygen atoms in total. The number of hydrogen-bond donors (Lipinski definition) is 3. The lowest BCUT2D eigenvalue weighted by Crippen LogP contribution is -2.24. The number of fused-ring (bicyclic) bond motifs is 15. The molecule has 12 heterocycles. The standard InChI is InChI=1S/3C20H20FN5O/c3*21-14-7-6-13-3-1-5-19(27)23-16-12-22-26-10-8-18(24-20(16)26)25-9-2-4-17(25)15(13)11-14/h3*6-8,10-12,17H,1-5,9H2,(H,23,27)/t2*17-;/m10./s1. The van der Waals surface area contributed by atoms with Gasteiger partial charge in [-0.3, -0.25) is 14.4 Å². The van der Waals surface area contributed by atoms with Gasteiger partial charge in [0.25, 0.3) is 0 Å². The van der Waals surface area contributed by atoms with Crippen molar-refractivity contribution >= 4 is 69.2 Å². The van der Waals surface area contributed by atoms with Crippen molar-refractivity contribution < 1.29 is 27.6 Å². The van der Waals surface area contributed by atoms with Crippen LogP contribution in [0.4, 0.5) is 47.7 Å². The molecule has 6 bridgehead atoms. The van der Waals surface area contributed by atoms with Gasteiger partial charge in [-0.05, 0) is 165 Å². The fourth-order valence-corrected chi connectivity index (χ4v) is 12.7. The van der Waals surface area contributed by atoms with Gasteiger partial charge in [0, 0.05) is 57.5 Å². The second-order valence-corrected chi connectivity index (χ2v) is 21.6. The summed E-state index contributed by atoms with van der Waals surface area (Å²) in [6.45, 7) is 2.62. The number of nitrogens with one attached hydrogen (secondary N) is 3. The summed E-state index contributed by atoms with van der Waals surface area (Å²) in [7, 11) is 0. The first-order chi connectivity index (χ1) is 39.6. The molecular weight excluding hydrogens is 1040 g/mol. The highest BCUT2D eigenvalue weighted by atomic mass is 19.1. The quantitative estimate of drug-likeness (QED) is 0.131. The average molecular weight is 1100 g/mol. The maximum atomic E-state index is 14.0. The Bertz CT molecular complexity index is 3480. The predicted molar refractivity (Wildman–Crippen MR) is 301 cm³/mol. The molecule has 3 saturated heterocycles. The van der Waals surface area contributed by atoms with Gasteiger partial charge in [-0.2, -0.15) is 15.3 Å². The summed E-state index contributed by atoms with van der Waals surface area (Å²) >= 11 is 0. The van der Waals surface area contributed by atoms with Gasteiger partial charge in [0.15, 0.2) is 16.9 Å². The van der Waals surface area contributed by atoms with Crippen LogP contribution in [0, 0.1) is 17.5 Å². The number of aryl methyl sites for hydroxylation is 3. The predicted octanol–water partition coefficient (Wildman–Crippen LogP) is 10.5. The second-order valence-electron chi connectivity index (χ2n) is 21.6. The van der Waals surface area contributed by atoms with E-state index < -0.39 is 0 Å². The summed E-state index contributed by atoms with van der Waals surface area (Å²) in [5.74, 6) is 1.67. The van der Waals surface area contributed by atoms with E-state index in [4.69, 9.17) is 15.0 Å². The van der Waals surface area contributed by atoms with Crippen LogP contribution in [0.15, 0.2) is 110 Å². The average Bonchev–Trinajstić information content (AvgIpc) is 4.44. The van der Waals surface area contributed by atoms with E-state index >= 15 is 0 Å². The zero-order valence-corrected chi connectivity index (χ0v) is 44.6. The van der Waals surface area contributed by atoms with Gasteiger partial charge in [0.05, 0.1) is 36.7 Å². The third kappa shape index (κ3) is 10.5. The van der Waals surface area contributed by atoms with Crippen LogP contribution in [-0.4, -0.2) is 81.1 Å². The minimum absolute atomic E-state index is 0.0551. The van der Waals surface area contributed by atoms with E-state index in [0.717, 1.165) is 128 Å². The molecule has 0 spiro atoms. The summed E-state index contributed by atoms with van der Waals surface area (Å²) in [5.41, 5.74) is 10.2. The summed E-state index contributed by atoms with van der Waals surface area (Å²) in [6.07, 6.45) is 22.1. The van der Waals surface area contributed by atoms with E-state index in [-0.39, 0.29) is 53.3 Å². The molecule has 21 heteroatoms. The minimum atomic E-state index is -0.218. The molecule has 3 atom stereocenters.